The first-order chi connectivity index (χ1) is 8.78. The van der Waals surface area contributed by atoms with Gasteiger partial charge in [0.25, 0.3) is 0 Å². The van der Waals surface area contributed by atoms with E-state index in [2.05, 4.69) is 16.9 Å². The van der Waals surface area contributed by atoms with Crippen molar-refractivity contribution in [2.75, 3.05) is 12.1 Å². The summed E-state index contributed by atoms with van der Waals surface area (Å²) in [6, 6.07) is 6.06. The summed E-state index contributed by atoms with van der Waals surface area (Å²) in [7, 11) is 0. The fourth-order valence-corrected chi connectivity index (χ4v) is 1.95. The van der Waals surface area contributed by atoms with Crippen LogP contribution < -0.4 is 14.8 Å². The van der Waals surface area contributed by atoms with Gasteiger partial charge in [-0.2, -0.15) is 0 Å². The normalized spacial score (nSPS) is 14.5. The van der Waals surface area contributed by atoms with Crippen molar-refractivity contribution in [3.63, 3.8) is 0 Å². The molecule has 2 heterocycles. The summed E-state index contributed by atoms with van der Waals surface area (Å²) in [6.45, 7) is 6.07. The molecule has 1 aliphatic heterocycles. The van der Waals surface area contributed by atoms with Gasteiger partial charge in [-0.25, -0.2) is 4.98 Å². The van der Waals surface area contributed by atoms with Crippen molar-refractivity contribution in [2.24, 2.45) is 0 Å². The number of nitrogens with zero attached hydrogens (tertiary/aromatic N) is 1. The number of nitrogens with one attached hydrogen (secondary N) is 1. The fourth-order valence-electron chi connectivity index (χ4n) is 1.95. The minimum atomic E-state index is 0.161. The van der Waals surface area contributed by atoms with Crippen LogP contribution in [-0.4, -0.2) is 17.8 Å². The molecule has 1 N–H and O–H groups in total. The van der Waals surface area contributed by atoms with Gasteiger partial charge < -0.3 is 14.8 Å². The van der Waals surface area contributed by atoms with Crippen LogP contribution >= 0.6 is 0 Å². The topological polar surface area (TPSA) is 43.4 Å². The molecule has 0 amide bonds. The van der Waals surface area contributed by atoms with E-state index in [0.717, 1.165) is 28.1 Å². The standard InChI is InChI=1S/C14H14N2O2/c1-3-9(2)16-14-11-7-13-12(17-8-18-13)6-10(11)4-5-15-14/h3-7,9H,1,8H2,2H3,(H,15,16). The number of fused-ring (bicyclic) bond motifs is 2. The minimum Gasteiger partial charge on any atom is -0.454 e. The van der Waals surface area contributed by atoms with Crippen LogP contribution in [0.15, 0.2) is 37.1 Å². The van der Waals surface area contributed by atoms with Crippen LogP contribution in [0, 0.1) is 0 Å². The molecule has 0 fully saturated rings. The third-order valence-electron chi connectivity index (χ3n) is 2.98. The summed E-state index contributed by atoms with van der Waals surface area (Å²) >= 11 is 0. The Hall–Kier alpha value is -2.23. The van der Waals surface area contributed by atoms with Crippen LogP contribution in [0.4, 0.5) is 5.82 Å². The molecule has 92 valence electrons. The highest BCUT2D eigenvalue weighted by Gasteiger charge is 2.16. The van der Waals surface area contributed by atoms with Crippen LogP contribution in [0.25, 0.3) is 10.8 Å². The molecule has 1 aromatic heterocycles. The van der Waals surface area contributed by atoms with Crippen molar-refractivity contribution in [3.05, 3.63) is 37.1 Å². The SMILES string of the molecule is C=CC(C)Nc1nccc2cc3c(cc12)OCO3. The monoisotopic (exact) mass is 242 g/mol. The maximum atomic E-state index is 5.39. The molecule has 0 spiro atoms. The van der Waals surface area contributed by atoms with Crippen molar-refractivity contribution >= 4 is 16.6 Å². The molecule has 18 heavy (non-hydrogen) atoms. The zero-order valence-electron chi connectivity index (χ0n) is 10.1. The van der Waals surface area contributed by atoms with E-state index >= 15 is 0 Å². The summed E-state index contributed by atoms with van der Waals surface area (Å²) in [5.41, 5.74) is 0. The Labute approximate surface area is 105 Å². The highest BCUT2D eigenvalue weighted by Crippen LogP contribution is 2.37. The molecule has 0 saturated carbocycles. The average molecular weight is 242 g/mol. The largest absolute Gasteiger partial charge is 0.454 e. The smallest absolute Gasteiger partial charge is 0.231 e. The highest BCUT2D eigenvalue weighted by molar-refractivity contribution is 5.94. The first kappa shape index (κ1) is 10.9. The average Bonchev–Trinajstić information content (AvgIpc) is 2.83. The molecular weight excluding hydrogens is 228 g/mol. The number of aromatic nitrogens is 1. The molecule has 0 aliphatic carbocycles. The summed E-state index contributed by atoms with van der Waals surface area (Å²) < 4.78 is 10.8. The first-order valence-electron chi connectivity index (χ1n) is 5.85. The quantitative estimate of drug-likeness (QED) is 0.840. The van der Waals surface area contributed by atoms with Gasteiger partial charge in [0.2, 0.25) is 6.79 Å². The number of pyridine rings is 1. The molecule has 0 radical (unpaired) electrons. The van der Waals surface area contributed by atoms with Gasteiger partial charge in [-0.1, -0.05) is 6.08 Å². The van der Waals surface area contributed by atoms with Gasteiger partial charge in [0, 0.05) is 17.6 Å². The van der Waals surface area contributed by atoms with Gasteiger partial charge >= 0.3 is 0 Å². The molecule has 1 aliphatic rings. The first-order valence-corrected chi connectivity index (χ1v) is 5.85. The van der Waals surface area contributed by atoms with Gasteiger partial charge in [0.05, 0.1) is 0 Å². The second-order valence-electron chi connectivity index (χ2n) is 4.25. The lowest BCUT2D eigenvalue weighted by Crippen LogP contribution is -2.12. The predicted octanol–water partition coefficient (Wildman–Crippen LogP) is 2.95. The van der Waals surface area contributed by atoms with Gasteiger partial charge in [-0.05, 0) is 30.5 Å². The van der Waals surface area contributed by atoms with Crippen LogP contribution in [0.2, 0.25) is 0 Å². The van der Waals surface area contributed by atoms with Crippen LogP contribution in [0.1, 0.15) is 6.92 Å². The summed E-state index contributed by atoms with van der Waals surface area (Å²) in [4.78, 5) is 4.37. The lowest BCUT2D eigenvalue weighted by Gasteiger charge is -2.12. The number of ether oxygens (including phenoxy) is 2. The predicted molar refractivity (Wildman–Crippen MR) is 71.1 cm³/mol. The third kappa shape index (κ3) is 1.76. The van der Waals surface area contributed by atoms with E-state index in [1.54, 1.807) is 6.20 Å². The maximum Gasteiger partial charge on any atom is 0.231 e. The Morgan fingerprint density at radius 1 is 1.39 bits per heavy atom. The zero-order valence-corrected chi connectivity index (χ0v) is 10.1. The Morgan fingerprint density at radius 3 is 2.94 bits per heavy atom. The zero-order chi connectivity index (χ0) is 12.5. The summed E-state index contributed by atoms with van der Waals surface area (Å²) in [6.07, 6.45) is 3.62. The molecule has 4 nitrogen and oxygen atoms in total. The van der Waals surface area contributed by atoms with E-state index in [1.165, 1.54) is 0 Å². The van der Waals surface area contributed by atoms with E-state index in [-0.39, 0.29) is 12.8 Å². The van der Waals surface area contributed by atoms with Crippen molar-refractivity contribution in [1.82, 2.24) is 4.98 Å². The van der Waals surface area contributed by atoms with Crippen LogP contribution in [-0.2, 0) is 0 Å². The Balaban J connectivity index is 2.12. The van der Waals surface area contributed by atoms with Crippen LogP contribution in [0.3, 0.4) is 0 Å². The van der Waals surface area contributed by atoms with Gasteiger partial charge in [-0.3, -0.25) is 0 Å². The van der Waals surface area contributed by atoms with E-state index in [4.69, 9.17) is 9.47 Å². The minimum absolute atomic E-state index is 0.161. The number of hydrogen-bond acceptors (Lipinski definition) is 4. The number of hydrogen-bond donors (Lipinski definition) is 1. The molecule has 1 aromatic carbocycles. The third-order valence-corrected chi connectivity index (χ3v) is 2.98. The van der Waals surface area contributed by atoms with E-state index < -0.39 is 0 Å². The molecule has 2 aromatic rings. The van der Waals surface area contributed by atoms with Crippen LogP contribution in [0.5, 0.6) is 11.5 Å². The number of rotatable bonds is 3. The molecule has 1 atom stereocenters. The van der Waals surface area contributed by atoms with Crippen molar-refractivity contribution < 1.29 is 9.47 Å². The van der Waals surface area contributed by atoms with Crippen molar-refractivity contribution in [3.8, 4) is 11.5 Å². The van der Waals surface area contributed by atoms with E-state index in [1.807, 2.05) is 31.2 Å². The Kier molecular flexibility index (Phi) is 2.55. The molecule has 0 saturated heterocycles. The fraction of sp³-hybridized carbons (Fsp3) is 0.214. The van der Waals surface area contributed by atoms with Gasteiger partial charge in [0.15, 0.2) is 11.5 Å². The Bertz CT molecular complexity index is 610. The van der Waals surface area contributed by atoms with Crippen molar-refractivity contribution in [2.45, 2.75) is 13.0 Å². The van der Waals surface area contributed by atoms with E-state index in [9.17, 15) is 0 Å². The van der Waals surface area contributed by atoms with Gasteiger partial charge in [0.1, 0.15) is 5.82 Å². The lowest BCUT2D eigenvalue weighted by atomic mass is 10.1. The second kappa shape index (κ2) is 4.22. The van der Waals surface area contributed by atoms with E-state index in [0.29, 0.717) is 0 Å². The van der Waals surface area contributed by atoms with Crippen molar-refractivity contribution in [1.29, 1.82) is 0 Å². The molecule has 3 rings (SSSR count). The molecule has 4 heteroatoms. The molecular formula is C14H14N2O2. The summed E-state index contributed by atoms with van der Waals surface area (Å²) in [5, 5.41) is 5.40. The maximum absolute atomic E-state index is 5.39. The second-order valence-corrected chi connectivity index (χ2v) is 4.25. The summed E-state index contributed by atoms with van der Waals surface area (Å²) in [5.74, 6) is 2.39. The van der Waals surface area contributed by atoms with Gasteiger partial charge in [-0.15, -0.1) is 6.58 Å². The number of anilines is 1. The lowest BCUT2D eigenvalue weighted by molar-refractivity contribution is 0.174. The molecule has 1 unspecified atom stereocenters. The Morgan fingerprint density at radius 2 is 2.17 bits per heavy atom. The molecule has 0 bridgehead atoms. The number of benzene rings is 1. The highest BCUT2D eigenvalue weighted by atomic mass is 16.7.